The fraction of sp³-hybridized carbons (Fsp3) is 0.500. The lowest BCUT2D eigenvalue weighted by Gasteiger charge is -2.32. The molecule has 0 aromatic heterocycles. The SMILES string of the molecule is C=C(C)C[C@H](N)c1ccccc1N1CCCCC1. The Labute approximate surface area is 110 Å². The topological polar surface area (TPSA) is 29.3 Å². The molecule has 0 spiro atoms. The zero-order valence-corrected chi connectivity index (χ0v) is 11.4. The van der Waals surface area contributed by atoms with Crippen LogP contribution in [0.25, 0.3) is 0 Å². The Morgan fingerprint density at radius 2 is 1.94 bits per heavy atom. The van der Waals surface area contributed by atoms with Crippen LogP contribution in [0.2, 0.25) is 0 Å². The van der Waals surface area contributed by atoms with Crippen LogP contribution < -0.4 is 10.6 Å². The van der Waals surface area contributed by atoms with E-state index in [9.17, 15) is 0 Å². The first kappa shape index (κ1) is 13.2. The Morgan fingerprint density at radius 1 is 1.28 bits per heavy atom. The maximum atomic E-state index is 6.32. The number of nitrogens with zero attached hydrogens (tertiary/aromatic N) is 1. The number of anilines is 1. The van der Waals surface area contributed by atoms with E-state index in [-0.39, 0.29) is 6.04 Å². The van der Waals surface area contributed by atoms with Gasteiger partial charge in [0.1, 0.15) is 0 Å². The van der Waals surface area contributed by atoms with Crippen LogP contribution in [0.5, 0.6) is 0 Å². The molecular formula is C16H24N2. The Balaban J connectivity index is 2.21. The Hall–Kier alpha value is -1.28. The molecule has 1 saturated heterocycles. The predicted octanol–water partition coefficient (Wildman–Crippen LogP) is 3.64. The van der Waals surface area contributed by atoms with E-state index >= 15 is 0 Å². The van der Waals surface area contributed by atoms with Gasteiger partial charge in [-0.05, 0) is 44.2 Å². The van der Waals surface area contributed by atoms with E-state index in [1.807, 2.05) is 6.92 Å². The molecule has 1 aliphatic rings. The minimum Gasteiger partial charge on any atom is -0.371 e. The molecular weight excluding hydrogens is 220 g/mol. The summed E-state index contributed by atoms with van der Waals surface area (Å²) in [4.78, 5) is 2.48. The first-order chi connectivity index (χ1) is 8.68. The molecule has 1 heterocycles. The van der Waals surface area contributed by atoms with Crippen molar-refractivity contribution in [3.63, 3.8) is 0 Å². The van der Waals surface area contributed by atoms with Crippen LogP contribution in [0.1, 0.15) is 44.2 Å². The Morgan fingerprint density at radius 3 is 2.61 bits per heavy atom. The number of para-hydroxylation sites is 1. The number of hydrogen-bond donors (Lipinski definition) is 1. The standard InChI is InChI=1S/C16H24N2/c1-13(2)12-15(17)14-8-4-5-9-16(14)18-10-6-3-7-11-18/h4-5,8-9,15H,1,3,6-7,10-12,17H2,2H3/t15-/m0/s1. The molecule has 2 heteroatoms. The van der Waals surface area contributed by atoms with Crippen LogP contribution in [0.4, 0.5) is 5.69 Å². The van der Waals surface area contributed by atoms with Crippen molar-refractivity contribution in [3.05, 3.63) is 42.0 Å². The third-order valence-electron chi connectivity index (χ3n) is 3.60. The molecule has 0 radical (unpaired) electrons. The zero-order valence-electron chi connectivity index (χ0n) is 11.4. The number of nitrogens with two attached hydrogens (primary N) is 1. The average molecular weight is 244 g/mol. The quantitative estimate of drug-likeness (QED) is 0.819. The maximum absolute atomic E-state index is 6.32. The average Bonchev–Trinajstić information content (AvgIpc) is 2.39. The van der Waals surface area contributed by atoms with Crippen molar-refractivity contribution in [3.8, 4) is 0 Å². The van der Waals surface area contributed by atoms with E-state index in [0.29, 0.717) is 0 Å². The molecule has 0 amide bonds. The monoisotopic (exact) mass is 244 g/mol. The van der Waals surface area contributed by atoms with E-state index in [1.165, 1.54) is 30.5 Å². The number of benzene rings is 1. The minimum atomic E-state index is 0.0700. The van der Waals surface area contributed by atoms with Crippen molar-refractivity contribution in [2.24, 2.45) is 5.73 Å². The van der Waals surface area contributed by atoms with Crippen LogP contribution in [-0.4, -0.2) is 13.1 Å². The van der Waals surface area contributed by atoms with E-state index in [4.69, 9.17) is 5.73 Å². The molecule has 1 aromatic carbocycles. The smallest absolute Gasteiger partial charge is 0.0414 e. The van der Waals surface area contributed by atoms with E-state index in [0.717, 1.165) is 25.1 Å². The summed E-state index contributed by atoms with van der Waals surface area (Å²) in [5, 5.41) is 0. The van der Waals surface area contributed by atoms with E-state index in [2.05, 4.69) is 35.7 Å². The van der Waals surface area contributed by atoms with Gasteiger partial charge in [-0.3, -0.25) is 0 Å². The second-order valence-corrected chi connectivity index (χ2v) is 5.37. The second kappa shape index (κ2) is 6.05. The second-order valence-electron chi connectivity index (χ2n) is 5.37. The molecule has 2 nitrogen and oxygen atoms in total. The summed E-state index contributed by atoms with van der Waals surface area (Å²) >= 11 is 0. The molecule has 1 aromatic rings. The lowest BCUT2D eigenvalue weighted by atomic mass is 9.98. The summed E-state index contributed by atoms with van der Waals surface area (Å²) in [6.45, 7) is 8.34. The maximum Gasteiger partial charge on any atom is 0.0414 e. The van der Waals surface area contributed by atoms with Gasteiger partial charge in [0.05, 0.1) is 0 Å². The van der Waals surface area contributed by atoms with Crippen LogP contribution in [-0.2, 0) is 0 Å². The third kappa shape index (κ3) is 3.14. The van der Waals surface area contributed by atoms with E-state index < -0.39 is 0 Å². The molecule has 1 atom stereocenters. The number of rotatable bonds is 4. The predicted molar refractivity (Wildman–Crippen MR) is 78.9 cm³/mol. The summed E-state index contributed by atoms with van der Waals surface area (Å²) in [5.74, 6) is 0. The van der Waals surface area contributed by atoms with Gasteiger partial charge in [0.15, 0.2) is 0 Å². The largest absolute Gasteiger partial charge is 0.371 e. The van der Waals surface area contributed by atoms with Gasteiger partial charge in [-0.15, -0.1) is 6.58 Å². The van der Waals surface area contributed by atoms with Crippen LogP contribution in [0.3, 0.4) is 0 Å². The fourth-order valence-corrected chi connectivity index (χ4v) is 2.71. The summed E-state index contributed by atoms with van der Waals surface area (Å²) in [6.07, 6.45) is 4.81. The zero-order chi connectivity index (χ0) is 13.0. The highest BCUT2D eigenvalue weighted by atomic mass is 15.1. The fourth-order valence-electron chi connectivity index (χ4n) is 2.71. The molecule has 0 aliphatic carbocycles. The summed E-state index contributed by atoms with van der Waals surface area (Å²) in [6, 6.07) is 8.64. The van der Waals surface area contributed by atoms with Gasteiger partial charge in [0.2, 0.25) is 0 Å². The third-order valence-corrected chi connectivity index (χ3v) is 3.60. The molecule has 1 aliphatic heterocycles. The van der Waals surface area contributed by atoms with Crippen LogP contribution in [0.15, 0.2) is 36.4 Å². The highest BCUT2D eigenvalue weighted by Gasteiger charge is 2.17. The van der Waals surface area contributed by atoms with Gasteiger partial charge >= 0.3 is 0 Å². The van der Waals surface area contributed by atoms with Gasteiger partial charge in [0, 0.05) is 24.8 Å². The molecule has 18 heavy (non-hydrogen) atoms. The molecule has 0 saturated carbocycles. The van der Waals surface area contributed by atoms with Crippen molar-refractivity contribution in [1.29, 1.82) is 0 Å². The first-order valence-corrected chi connectivity index (χ1v) is 6.92. The van der Waals surface area contributed by atoms with Crippen molar-refractivity contribution < 1.29 is 0 Å². The van der Waals surface area contributed by atoms with Crippen LogP contribution in [0, 0.1) is 0 Å². The first-order valence-electron chi connectivity index (χ1n) is 6.92. The van der Waals surface area contributed by atoms with Gasteiger partial charge in [0.25, 0.3) is 0 Å². The van der Waals surface area contributed by atoms with Crippen LogP contribution >= 0.6 is 0 Å². The van der Waals surface area contributed by atoms with Gasteiger partial charge in [-0.2, -0.15) is 0 Å². The Bertz CT molecular complexity index is 405. The summed E-state index contributed by atoms with van der Waals surface area (Å²) < 4.78 is 0. The molecule has 1 fully saturated rings. The number of piperidine rings is 1. The molecule has 0 unspecified atom stereocenters. The lowest BCUT2D eigenvalue weighted by molar-refractivity contribution is 0.573. The minimum absolute atomic E-state index is 0.0700. The summed E-state index contributed by atoms with van der Waals surface area (Å²) in [5.41, 5.74) is 10.1. The molecule has 2 rings (SSSR count). The van der Waals surface area contributed by atoms with Crippen molar-refractivity contribution >= 4 is 5.69 Å². The highest BCUT2D eigenvalue weighted by molar-refractivity contribution is 5.55. The molecule has 0 bridgehead atoms. The Kier molecular flexibility index (Phi) is 4.43. The molecule has 2 N–H and O–H groups in total. The van der Waals surface area contributed by atoms with Gasteiger partial charge < -0.3 is 10.6 Å². The van der Waals surface area contributed by atoms with Gasteiger partial charge in [-0.1, -0.05) is 23.8 Å². The number of hydrogen-bond acceptors (Lipinski definition) is 2. The van der Waals surface area contributed by atoms with Crippen molar-refractivity contribution in [2.45, 2.75) is 38.6 Å². The van der Waals surface area contributed by atoms with Crippen molar-refractivity contribution in [2.75, 3.05) is 18.0 Å². The molecule has 98 valence electrons. The van der Waals surface area contributed by atoms with Gasteiger partial charge in [-0.25, -0.2) is 0 Å². The lowest BCUT2D eigenvalue weighted by Crippen LogP contribution is -2.31. The normalized spacial score (nSPS) is 17.6. The summed E-state index contributed by atoms with van der Waals surface area (Å²) in [7, 11) is 0. The highest BCUT2D eigenvalue weighted by Crippen LogP contribution is 2.30. The van der Waals surface area contributed by atoms with Crippen molar-refractivity contribution in [1.82, 2.24) is 0 Å². The van der Waals surface area contributed by atoms with E-state index in [1.54, 1.807) is 0 Å².